The molecular formula is C14H21N3O3. The Bertz CT molecular complexity index is 502. The smallest absolute Gasteiger partial charge is 0.333 e. The van der Waals surface area contributed by atoms with E-state index >= 15 is 0 Å². The van der Waals surface area contributed by atoms with E-state index in [-0.39, 0.29) is 16.1 Å². The van der Waals surface area contributed by atoms with Crippen molar-refractivity contribution in [1.29, 1.82) is 0 Å². The normalized spacial score (nSPS) is 17.9. The van der Waals surface area contributed by atoms with Gasteiger partial charge in [-0.15, -0.1) is 0 Å². The van der Waals surface area contributed by atoms with Gasteiger partial charge in [0.2, 0.25) is 0 Å². The standard InChI is InChI=1S/C14H21N3O3/c1-4-20-12-7-5-6-11(13(12)17(18)19)16-9-8-15-14(2,3)10-16/h5-7,15H,4,8-10H2,1-3H3. The van der Waals surface area contributed by atoms with Crippen LogP contribution in [-0.4, -0.2) is 36.7 Å². The van der Waals surface area contributed by atoms with Gasteiger partial charge >= 0.3 is 5.69 Å². The molecule has 0 amide bonds. The number of hydrogen-bond donors (Lipinski definition) is 1. The van der Waals surface area contributed by atoms with Gasteiger partial charge in [-0.1, -0.05) is 6.07 Å². The Hall–Kier alpha value is -1.82. The van der Waals surface area contributed by atoms with Crippen LogP contribution in [0.25, 0.3) is 0 Å². The van der Waals surface area contributed by atoms with Crippen LogP contribution in [0.1, 0.15) is 20.8 Å². The Morgan fingerprint density at radius 1 is 1.50 bits per heavy atom. The van der Waals surface area contributed by atoms with Crippen LogP contribution in [0.5, 0.6) is 5.75 Å². The topological polar surface area (TPSA) is 67.6 Å². The number of nitrogens with one attached hydrogen (secondary N) is 1. The van der Waals surface area contributed by atoms with Crippen LogP contribution in [0.4, 0.5) is 11.4 Å². The molecule has 1 aromatic rings. The van der Waals surface area contributed by atoms with E-state index in [1.807, 2.05) is 13.0 Å². The number of nitro groups is 1. The molecule has 0 atom stereocenters. The van der Waals surface area contributed by atoms with Crippen molar-refractivity contribution in [3.63, 3.8) is 0 Å². The molecule has 0 radical (unpaired) electrons. The molecule has 1 aromatic carbocycles. The number of piperazine rings is 1. The fraction of sp³-hybridized carbons (Fsp3) is 0.571. The van der Waals surface area contributed by atoms with E-state index in [0.29, 0.717) is 18.0 Å². The SMILES string of the molecule is CCOc1cccc(N2CCNC(C)(C)C2)c1[N+](=O)[O-]. The Labute approximate surface area is 118 Å². The quantitative estimate of drug-likeness (QED) is 0.676. The van der Waals surface area contributed by atoms with Crippen LogP contribution in [0.2, 0.25) is 0 Å². The van der Waals surface area contributed by atoms with Crippen LogP contribution >= 0.6 is 0 Å². The molecule has 0 unspecified atom stereocenters. The van der Waals surface area contributed by atoms with Crippen LogP contribution in [0.3, 0.4) is 0 Å². The van der Waals surface area contributed by atoms with Gasteiger partial charge in [0.15, 0.2) is 5.75 Å². The van der Waals surface area contributed by atoms with Gasteiger partial charge in [-0.25, -0.2) is 0 Å². The lowest BCUT2D eigenvalue weighted by Crippen LogP contribution is -2.57. The molecular weight excluding hydrogens is 258 g/mol. The molecule has 2 rings (SSSR count). The lowest BCUT2D eigenvalue weighted by molar-refractivity contribution is -0.385. The summed E-state index contributed by atoms with van der Waals surface area (Å²) in [5.41, 5.74) is 0.635. The first-order valence-electron chi connectivity index (χ1n) is 6.85. The molecule has 1 aliphatic rings. The minimum atomic E-state index is -0.352. The van der Waals surface area contributed by atoms with Gasteiger partial charge < -0.3 is 15.0 Å². The molecule has 110 valence electrons. The summed E-state index contributed by atoms with van der Waals surface area (Å²) >= 11 is 0. The predicted octanol–water partition coefficient (Wildman–Crippen LogP) is 2.18. The maximum Gasteiger partial charge on any atom is 0.333 e. The minimum Gasteiger partial charge on any atom is -0.487 e. The minimum absolute atomic E-state index is 0.0618. The summed E-state index contributed by atoms with van der Waals surface area (Å²) in [5.74, 6) is 0.339. The predicted molar refractivity (Wildman–Crippen MR) is 78.6 cm³/mol. The molecule has 0 saturated carbocycles. The van der Waals surface area contributed by atoms with Gasteiger partial charge in [0.05, 0.1) is 11.5 Å². The highest BCUT2D eigenvalue weighted by molar-refractivity contribution is 5.70. The monoisotopic (exact) mass is 279 g/mol. The number of nitrogens with zero attached hydrogens (tertiary/aromatic N) is 2. The summed E-state index contributed by atoms with van der Waals surface area (Å²) in [6.07, 6.45) is 0. The van der Waals surface area contributed by atoms with E-state index in [1.165, 1.54) is 0 Å². The van der Waals surface area contributed by atoms with E-state index in [9.17, 15) is 10.1 Å². The van der Waals surface area contributed by atoms with Crippen molar-refractivity contribution in [2.75, 3.05) is 31.1 Å². The summed E-state index contributed by atoms with van der Waals surface area (Å²) in [6, 6.07) is 5.25. The second-order valence-electron chi connectivity index (χ2n) is 5.55. The molecule has 0 spiro atoms. The Balaban J connectivity index is 2.40. The van der Waals surface area contributed by atoms with Gasteiger partial charge in [-0.2, -0.15) is 0 Å². The molecule has 1 heterocycles. The highest BCUT2D eigenvalue weighted by Crippen LogP contribution is 2.38. The van der Waals surface area contributed by atoms with Crippen LogP contribution in [0.15, 0.2) is 18.2 Å². The lowest BCUT2D eigenvalue weighted by Gasteiger charge is -2.40. The number of rotatable bonds is 4. The van der Waals surface area contributed by atoms with Crippen molar-refractivity contribution in [2.24, 2.45) is 0 Å². The van der Waals surface area contributed by atoms with Gasteiger partial charge in [-0.05, 0) is 32.9 Å². The van der Waals surface area contributed by atoms with Crippen LogP contribution in [-0.2, 0) is 0 Å². The Morgan fingerprint density at radius 2 is 2.25 bits per heavy atom. The second-order valence-corrected chi connectivity index (χ2v) is 5.55. The molecule has 0 aliphatic carbocycles. The average Bonchev–Trinajstić information content (AvgIpc) is 2.37. The van der Waals surface area contributed by atoms with E-state index in [2.05, 4.69) is 24.1 Å². The maximum absolute atomic E-state index is 11.4. The lowest BCUT2D eigenvalue weighted by atomic mass is 10.0. The third-order valence-electron chi connectivity index (χ3n) is 3.37. The molecule has 20 heavy (non-hydrogen) atoms. The zero-order chi connectivity index (χ0) is 14.8. The molecule has 1 N–H and O–H groups in total. The summed E-state index contributed by atoms with van der Waals surface area (Å²) in [6.45, 7) is 8.71. The molecule has 6 nitrogen and oxygen atoms in total. The molecule has 1 fully saturated rings. The molecule has 1 saturated heterocycles. The van der Waals surface area contributed by atoms with Crippen LogP contribution < -0.4 is 15.0 Å². The zero-order valence-corrected chi connectivity index (χ0v) is 12.2. The van der Waals surface area contributed by atoms with Crippen molar-refractivity contribution in [3.8, 4) is 5.75 Å². The highest BCUT2D eigenvalue weighted by atomic mass is 16.6. The van der Waals surface area contributed by atoms with Gasteiger partial charge in [0, 0.05) is 25.2 Å². The second kappa shape index (κ2) is 5.66. The van der Waals surface area contributed by atoms with Crippen molar-refractivity contribution >= 4 is 11.4 Å². The first-order chi connectivity index (χ1) is 9.44. The van der Waals surface area contributed by atoms with Crippen molar-refractivity contribution < 1.29 is 9.66 Å². The summed E-state index contributed by atoms with van der Waals surface area (Å²) in [5, 5.41) is 14.8. The average molecular weight is 279 g/mol. The first-order valence-corrected chi connectivity index (χ1v) is 6.85. The number of benzene rings is 1. The van der Waals surface area contributed by atoms with Gasteiger partial charge in [0.1, 0.15) is 5.69 Å². The third kappa shape index (κ3) is 3.01. The van der Waals surface area contributed by atoms with Crippen molar-refractivity contribution in [2.45, 2.75) is 26.3 Å². The van der Waals surface area contributed by atoms with E-state index < -0.39 is 0 Å². The largest absolute Gasteiger partial charge is 0.487 e. The van der Waals surface area contributed by atoms with Crippen molar-refractivity contribution in [3.05, 3.63) is 28.3 Å². The molecule has 6 heteroatoms. The molecule has 0 bridgehead atoms. The maximum atomic E-state index is 11.4. The van der Waals surface area contributed by atoms with E-state index in [0.717, 1.165) is 19.6 Å². The fourth-order valence-corrected chi connectivity index (χ4v) is 2.57. The number of nitro benzene ring substituents is 1. The van der Waals surface area contributed by atoms with Gasteiger partial charge in [0.25, 0.3) is 0 Å². The zero-order valence-electron chi connectivity index (χ0n) is 12.2. The number of anilines is 1. The van der Waals surface area contributed by atoms with Crippen molar-refractivity contribution in [1.82, 2.24) is 5.32 Å². The van der Waals surface area contributed by atoms with Crippen LogP contribution in [0, 0.1) is 10.1 Å². The number of para-hydroxylation sites is 1. The van der Waals surface area contributed by atoms with E-state index in [1.54, 1.807) is 12.1 Å². The molecule has 1 aliphatic heterocycles. The summed E-state index contributed by atoms with van der Waals surface area (Å²) < 4.78 is 5.40. The fourth-order valence-electron chi connectivity index (χ4n) is 2.57. The first kappa shape index (κ1) is 14.6. The summed E-state index contributed by atoms with van der Waals surface area (Å²) in [7, 11) is 0. The number of ether oxygens (including phenoxy) is 1. The molecule has 0 aromatic heterocycles. The Kier molecular flexibility index (Phi) is 4.13. The highest BCUT2D eigenvalue weighted by Gasteiger charge is 2.31. The van der Waals surface area contributed by atoms with Gasteiger partial charge in [-0.3, -0.25) is 10.1 Å². The van der Waals surface area contributed by atoms with E-state index in [4.69, 9.17) is 4.74 Å². The number of hydrogen-bond acceptors (Lipinski definition) is 5. The third-order valence-corrected chi connectivity index (χ3v) is 3.37. The summed E-state index contributed by atoms with van der Waals surface area (Å²) in [4.78, 5) is 13.1. The Morgan fingerprint density at radius 3 is 2.85 bits per heavy atom.